The van der Waals surface area contributed by atoms with Crippen LogP contribution in [0.2, 0.25) is 0 Å². The number of carbonyl (C=O) groups excluding carboxylic acids is 1. The topological polar surface area (TPSA) is 60.9 Å². The van der Waals surface area contributed by atoms with Crippen molar-refractivity contribution in [1.29, 1.82) is 0 Å². The Hall–Kier alpha value is -1.16. The number of nitrogens with zero attached hydrogens (tertiary/aromatic N) is 2. The van der Waals surface area contributed by atoms with Gasteiger partial charge in [-0.25, -0.2) is 0 Å². The molecule has 4 heteroatoms. The van der Waals surface area contributed by atoms with Gasteiger partial charge in [-0.2, -0.15) is 5.10 Å². The summed E-state index contributed by atoms with van der Waals surface area (Å²) >= 11 is 0. The van der Waals surface area contributed by atoms with E-state index in [0.29, 0.717) is 12.2 Å². The molecule has 1 aromatic heterocycles. The SMILES string of the molecule is CC(N)CCCC(C)C(=O)CCc1cnn(C)c1. The fourth-order valence-electron chi connectivity index (χ4n) is 2.02. The second-order valence-corrected chi connectivity index (χ2v) is 5.30. The van der Waals surface area contributed by atoms with Crippen molar-refractivity contribution in [2.45, 2.75) is 52.0 Å². The summed E-state index contributed by atoms with van der Waals surface area (Å²) < 4.78 is 1.77. The molecular formula is C14H25N3O. The first kappa shape index (κ1) is 14.9. The summed E-state index contributed by atoms with van der Waals surface area (Å²) in [5.74, 6) is 0.504. The van der Waals surface area contributed by atoms with E-state index in [1.54, 1.807) is 4.68 Å². The quantitative estimate of drug-likeness (QED) is 0.769. The van der Waals surface area contributed by atoms with Gasteiger partial charge in [0.15, 0.2) is 0 Å². The van der Waals surface area contributed by atoms with Crippen LogP contribution in [-0.2, 0) is 18.3 Å². The minimum absolute atomic E-state index is 0.153. The summed E-state index contributed by atoms with van der Waals surface area (Å²) in [6.45, 7) is 4.03. The molecule has 102 valence electrons. The van der Waals surface area contributed by atoms with Crippen molar-refractivity contribution >= 4 is 5.78 Å². The lowest BCUT2D eigenvalue weighted by Crippen LogP contribution is -2.16. The van der Waals surface area contributed by atoms with E-state index < -0.39 is 0 Å². The Balaban J connectivity index is 2.23. The first-order valence-electron chi connectivity index (χ1n) is 6.75. The third kappa shape index (κ3) is 5.45. The molecule has 0 saturated heterocycles. The van der Waals surface area contributed by atoms with E-state index in [-0.39, 0.29) is 12.0 Å². The van der Waals surface area contributed by atoms with E-state index in [9.17, 15) is 4.79 Å². The highest BCUT2D eigenvalue weighted by Gasteiger charge is 2.13. The molecule has 18 heavy (non-hydrogen) atoms. The van der Waals surface area contributed by atoms with Crippen LogP contribution in [0.5, 0.6) is 0 Å². The number of carbonyl (C=O) groups is 1. The van der Waals surface area contributed by atoms with E-state index in [1.165, 1.54) is 0 Å². The number of nitrogens with two attached hydrogens (primary N) is 1. The van der Waals surface area contributed by atoms with Gasteiger partial charge in [0, 0.05) is 31.6 Å². The number of aromatic nitrogens is 2. The molecule has 2 unspecified atom stereocenters. The standard InChI is InChI=1S/C14H25N3O/c1-11(5-4-6-12(2)15)14(18)8-7-13-9-16-17(3)10-13/h9-12H,4-8,15H2,1-3H3. The lowest BCUT2D eigenvalue weighted by molar-refractivity contribution is -0.122. The maximum atomic E-state index is 11.9. The fourth-order valence-corrected chi connectivity index (χ4v) is 2.02. The molecule has 1 rings (SSSR count). The van der Waals surface area contributed by atoms with Crippen molar-refractivity contribution in [2.75, 3.05) is 0 Å². The van der Waals surface area contributed by atoms with Gasteiger partial charge < -0.3 is 5.73 Å². The first-order valence-corrected chi connectivity index (χ1v) is 6.75. The van der Waals surface area contributed by atoms with Gasteiger partial charge >= 0.3 is 0 Å². The van der Waals surface area contributed by atoms with Gasteiger partial charge in [0.25, 0.3) is 0 Å². The number of hydrogen-bond donors (Lipinski definition) is 1. The maximum absolute atomic E-state index is 11.9. The predicted molar refractivity (Wildman–Crippen MR) is 73.2 cm³/mol. The highest BCUT2D eigenvalue weighted by Crippen LogP contribution is 2.13. The number of Topliss-reactive ketones (excluding diaryl/α,β-unsaturated/α-hetero) is 1. The van der Waals surface area contributed by atoms with Crippen LogP contribution in [-0.4, -0.2) is 21.6 Å². The average Bonchev–Trinajstić information content (AvgIpc) is 2.71. The Kier molecular flexibility index (Phi) is 6.05. The normalized spacial score (nSPS) is 14.4. The van der Waals surface area contributed by atoms with E-state index in [4.69, 9.17) is 5.73 Å². The molecule has 2 atom stereocenters. The van der Waals surface area contributed by atoms with Gasteiger partial charge in [0.1, 0.15) is 5.78 Å². The van der Waals surface area contributed by atoms with Crippen molar-refractivity contribution in [2.24, 2.45) is 18.7 Å². The Bertz CT molecular complexity index is 371. The van der Waals surface area contributed by atoms with Gasteiger partial charge in [0.2, 0.25) is 0 Å². The summed E-state index contributed by atoms with van der Waals surface area (Å²) in [7, 11) is 1.89. The molecule has 1 aromatic rings. The number of ketones is 1. The molecule has 0 spiro atoms. The first-order chi connectivity index (χ1) is 8.49. The molecule has 0 aromatic carbocycles. The number of hydrogen-bond acceptors (Lipinski definition) is 3. The molecule has 0 amide bonds. The molecule has 0 aliphatic heterocycles. The molecule has 1 heterocycles. The number of rotatable bonds is 8. The van der Waals surface area contributed by atoms with Gasteiger partial charge in [-0.1, -0.05) is 13.3 Å². The van der Waals surface area contributed by atoms with Crippen LogP contribution in [0.1, 0.15) is 45.1 Å². The van der Waals surface area contributed by atoms with E-state index >= 15 is 0 Å². The van der Waals surface area contributed by atoms with Crippen molar-refractivity contribution in [3.63, 3.8) is 0 Å². The fraction of sp³-hybridized carbons (Fsp3) is 0.714. The van der Waals surface area contributed by atoms with Crippen LogP contribution in [0.4, 0.5) is 0 Å². The minimum Gasteiger partial charge on any atom is -0.328 e. The smallest absolute Gasteiger partial charge is 0.136 e. The predicted octanol–water partition coefficient (Wildman–Crippen LogP) is 2.08. The van der Waals surface area contributed by atoms with Crippen LogP contribution in [0.25, 0.3) is 0 Å². The van der Waals surface area contributed by atoms with Gasteiger partial charge in [-0.15, -0.1) is 0 Å². The molecular weight excluding hydrogens is 226 g/mol. The second-order valence-electron chi connectivity index (χ2n) is 5.30. The van der Waals surface area contributed by atoms with Gasteiger partial charge in [0.05, 0.1) is 6.20 Å². The molecule has 0 fully saturated rings. The molecule has 0 bridgehead atoms. The molecule has 0 aliphatic rings. The molecule has 0 aliphatic carbocycles. The van der Waals surface area contributed by atoms with E-state index in [2.05, 4.69) is 5.10 Å². The van der Waals surface area contributed by atoms with E-state index in [1.807, 2.05) is 33.3 Å². The molecule has 0 saturated carbocycles. The second kappa shape index (κ2) is 7.31. The molecule has 0 radical (unpaired) electrons. The third-order valence-electron chi connectivity index (χ3n) is 3.26. The van der Waals surface area contributed by atoms with Crippen molar-refractivity contribution in [3.8, 4) is 0 Å². The Morgan fingerprint density at radius 1 is 1.44 bits per heavy atom. The Morgan fingerprint density at radius 2 is 2.17 bits per heavy atom. The minimum atomic E-state index is 0.153. The lowest BCUT2D eigenvalue weighted by Gasteiger charge is -2.11. The average molecular weight is 251 g/mol. The van der Waals surface area contributed by atoms with Gasteiger partial charge in [-0.05, 0) is 31.7 Å². The highest BCUT2D eigenvalue weighted by atomic mass is 16.1. The summed E-state index contributed by atoms with van der Waals surface area (Å²) in [6.07, 6.45) is 8.20. The summed E-state index contributed by atoms with van der Waals surface area (Å²) in [6, 6.07) is 0.239. The zero-order valence-corrected chi connectivity index (χ0v) is 11.7. The zero-order chi connectivity index (χ0) is 13.5. The number of aryl methyl sites for hydroxylation is 2. The largest absolute Gasteiger partial charge is 0.328 e. The summed E-state index contributed by atoms with van der Waals surface area (Å²) in [5, 5.41) is 4.10. The van der Waals surface area contributed by atoms with Crippen LogP contribution in [0, 0.1) is 5.92 Å². The van der Waals surface area contributed by atoms with E-state index in [0.717, 1.165) is 31.2 Å². The maximum Gasteiger partial charge on any atom is 0.136 e. The summed E-state index contributed by atoms with van der Waals surface area (Å²) in [5.41, 5.74) is 6.83. The monoisotopic (exact) mass is 251 g/mol. The van der Waals surface area contributed by atoms with Gasteiger partial charge in [-0.3, -0.25) is 9.48 Å². The van der Waals surface area contributed by atoms with Crippen molar-refractivity contribution in [3.05, 3.63) is 18.0 Å². The zero-order valence-electron chi connectivity index (χ0n) is 11.7. The Morgan fingerprint density at radius 3 is 2.72 bits per heavy atom. The van der Waals surface area contributed by atoms with Crippen LogP contribution < -0.4 is 5.73 Å². The van der Waals surface area contributed by atoms with Crippen LogP contribution in [0.15, 0.2) is 12.4 Å². The molecule has 2 N–H and O–H groups in total. The molecule has 4 nitrogen and oxygen atoms in total. The van der Waals surface area contributed by atoms with Crippen molar-refractivity contribution < 1.29 is 4.79 Å². The van der Waals surface area contributed by atoms with Crippen LogP contribution >= 0.6 is 0 Å². The van der Waals surface area contributed by atoms with Crippen LogP contribution in [0.3, 0.4) is 0 Å². The highest BCUT2D eigenvalue weighted by molar-refractivity contribution is 5.80. The Labute approximate surface area is 110 Å². The lowest BCUT2D eigenvalue weighted by atomic mass is 9.95. The van der Waals surface area contributed by atoms with Crippen molar-refractivity contribution in [1.82, 2.24) is 9.78 Å². The summed E-state index contributed by atoms with van der Waals surface area (Å²) in [4.78, 5) is 11.9. The third-order valence-corrected chi connectivity index (χ3v) is 3.26.